The van der Waals surface area contributed by atoms with E-state index in [2.05, 4.69) is 5.16 Å². The first-order chi connectivity index (χ1) is 8.02. The Bertz CT molecular complexity index is 393. The standard InChI is InChI=1S/C12H18FN3O/c1-9(2)16(8-12(14)15-17)7-10-4-3-5-11(13)6-10/h3-6,9,17H,7-8H2,1-2H3,(H2,14,15). The number of hydrogen-bond donors (Lipinski definition) is 2. The first kappa shape index (κ1) is 13.4. The monoisotopic (exact) mass is 239 g/mol. The summed E-state index contributed by atoms with van der Waals surface area (Å²) in [4.78, 5) is 1.99. The quantitative estimate of drug-likeness (QED) is 0.356. The number of nitrogens with zero attached hydrogens (tertiary/aromatic N) is 2. The highest BCUT2D eigenvalue weighted by Crippen LogP contribution is 2.09. The lowest BCUT2D eigenvalue weighted by molar-refractivity contribution is 0.238. The molecular weight excluding hydrogens is 221 g/mol. The van der Waals surface area contributed by atoms with Crippen LogP contribution in [0.25, 0.3) is 0 Å². The number of nitrogens with two attached hydrogens (primary N) is 1. The molecule has 5 heteroatoms. The van der Waals surface area contributed by atoms with Crippen molar-refractivity contribution in [3.63, 3.8) is 0 Å². The molecule has 17 heavy (non-hydrogen) atoms. The molecule has 0 saturated heterocycles. The summed E-state index contributed by atoms with van der Waals surface area (Å²) in [5, 5.41) is 11.5. The van der Waals surface area contributed by atoms with E-state index >= 15 is 0 Å². The second kappa shape index (κ2) is 6.20. The third-order valence-corrected chi connectivity index (χ3v) is 2.50. The van der Waals surface area contributed by atoms with Gasteiger partial charge in [-0.1, -0.05) is 17.3 Å². The summed E-state index contributed by atoms with van der Waals surface area (Å²) < 4.78 is 13.0. The van der Waals surface area contributed by atoms with Crippen LogP contribution in [0.3, 0.4) is 0 Å². The number of benzene rings is 1. The molecule has 0 radical (unpaired) electrons. The van der Waals surface area contributed by atoms with Gasteiger partial charge in [0.1, 0.15) is 5.82 Å². The highest BCUT2D eigenvalue weighted by molar-refractivity contribution is 5.81. The van der Waals surface area contributed by atoms with E-state index in [-0.39, 0.29) is 17.7 Å². The molecule has 0 fully saturated rings. The molecule has 0 aliphatic carbocycles. The van der Waals surface area contributed by atoms with E-state index in [0.29, 0.717) is 13.1 Å². The van der Waals surface area contributed by atoms with Crippen molar-refractivity contribution in [3.8, 4) is 0 Å². The molecular formula is C12H18FN3O. The lowest BCUT2D eigenvalue weighted by Crippen LogP contribution is -2.38. The van der Waals surface area contributed by atoms with Gasteiger partial charge in [-0.3, -0.25) is 4.90 Å². The van der Waals surface area contributed by atoms with E-state index in [9.17, 15) is 4.39 Å². The van der Waals surface area contributed by atoms with Crippen molar-refractivity contribution in [1.82, 2.24) is 4.90 Å². The number of halogens is 1. The average molecular weight is 239 g/mol. The molecule has 3 N–H and O–H groups in total. The predicted molar refractivity (Wildman–Crippen MR) is 65.4 cm³/mol. The van der Waals surface area contributed by atoms with Gasteiger partial charge in [0, 0.05) is 12.6 Å². The number of oxime groups is 1. The van der Waals surface area contributed by atoms with Crippen LogP contribution in [0.1, 0.15) is 19.4 Å². The highest BCUT2D eigenvalue weighted by atomic mass is 19.1. The molecule has 4 nitrogen and oxygen atoms in total. The zero-order valence-corrected chi connectivity index (χ0v) is 10.1. The van der Waals surface area contributed by atoms with Gasteiger partial charge < -0.3 is 10.9 Å². The van der Waals surface area contributed by atoms with Gasteiger partial charge in [-0.05, 0) is 31.5 Å². The molecule has 1 aromatic carbocycles. The van der Waals surface area contributed by atoms with E-state index in [1.165, 1.54) is 12.1 Å². The lowest BCUT2D eigenvalue weighted by Gasteiger charge is -2.25. The maximum absolute atomic E-state index is 13.0. The zero-order valence-electron chi connectivity index (χ0n) is 10.1. The normalized spacial score (nSPS) is 12.4. The summed E-state index contributed by atoms with van der Waals surface area (Å²) in [7, 11) is 0. The van der Waals surface area contributed by atoms with Crippen LogP contribution < -0.4 is 5.73 Å². The summed E-state index contributed by atoms with van der Waals surface area (Å²) in [5.74, 6) is -0.106. The minimum atomic E-state index is -0.255. The molecule has 0 aliphatic heterocycles. The summed E-state index contributed by atoms with van der Waals surface area (Å²) >= 11 is 0. The van der Waals surface area contributed by atoms with E-state index in [1.54, 1.807) is 6.07 Å². The summed E-state index contributed by atoms with van der Waals surface area (Å²) in [5.41, 5.74) is 6.34. The number of hydrogen-bond acceptors (Lipinski definition) is 3. The minimum Gasteiger partial charge on any atom is -0.409 e. The van der Waals surface area contributed by atoms with Crippen molar-refractivity contribution < 1.29 is 9.60 Å². The topological polar surface area (TPSA) is 61.8 Å². The van der Waals surface area contributed by atoms with Crippen molar-refractivity contribution in [1.29, 1.82) is 0 Å². The van der Waals surface area contributed by atoms with Gasteiger partial charge in [0.15, 0.2) is 5.84 Å². The number of rotatable bonds is 5. The maximum atomic E-state index is 13.0. The van der Waals surface area contributed by atoms with Gasteiger partial charge in [0.05, 0.1) is 6.54 Å². The van der Waals surface area contributed by atoms with Crippen molar-refractivity contribution >= 4 is 5.84 Å². The molecule has 0 atom stereocenters. The molecule has 0 bridgehead atoms. The van der Waals surface area contributed by atoms with Crippen LogP contribution >= 0.6 is 0 Å². The van der Waals surface area contributed by atoms with E-state index in [1.807, 2.05) is 24.8 Å². The third kappa shape index (κ3) is 4.40. The van der Waals surface area contributed by atoms with Crippen molar-refractivity contribution in [2.45, 2.75) is 26.4 Å². The Morgan fingerprint density at radius 1 is 1.53 bits per heavy atom. The summed E-state index contributed by atoms with van der Waals surface area (Å²) in [6.07, 6.45) is 0. The predicted octanol–water partition coefficient (Wildman–Crippen LogP) is 1.78. The Kier molecular flexibility index (Phi) is 4.90. The van der Waals surface area contributed by atoms with Crippen LogP contribution in [-0.2, 0) is 6.54 Å². The van der Waals surface area contributed by atoms with Crippen molar-refractivity contribution in [3.05, 3.63) is 35.6 Å². The van der Waals surface area contributed by atoms with Crippen LogP contribution in [0.2, 0.25) is 0 Å². The van der Waals surface area contributed by atoms with Crippen LogP contribution in [0.4, 0.5) is 4.39 Å². The molecule has 0 unspecified atom stereocenters. The average Bonchev–Trinajstić information content (AvgIpc) is 2.27. The molecule has 0 spiro atoms. The zero-order chi connectivity index (χ0) is 12.8. The van der Waals surface area contributed by atoms with Crippen molar-refractivity contribution in [2.24, 2.45) is 10.9 Å². The van der Waals surface area contributed by atoms with Gasteiger partial charge in [0.2, 0.25) is 0 Å². The molecule has 0 amide bonds. The summed E-state index contributed by atoms with van der Waals surface area (Å²) in [6.45, 7) is 4.92. The van der Waals surface area contributed by atoms with Gasteiger partial charge in [0.25, 0.3) is 0 Å². The Balaban J connectivity index is 2.73. The fourth-order valence-corrected chi connectivity index (χ4v) is 1.53. The first-order valence-corrected chi connectivity index (χ1v) is 5.48. The van der Waals surface area contributed by atoms with Crippen LogP contribution in [0.5, 0.6) is 0 Å². The Hall–Kier alpha value is -1.62. The molecule has 0 aromatic heterocycles. The Morgan fingerprint density at radius 3 is 2.76 bits per heavy atom. The van der Waals surface area contributed by atoms with Gasteiger partial charge in [-0.2, -0.15) is 0 Å². The van der Waals surface area contributed by atoms with Gasteiger partial charge in [-0.25, -0.2) is 4.39 Å². The fraction of sp³-hybridized carbons (Fsp3) is 0.417. The Morgan fingerprint density at radius 2 is 2.24 bits per heavy atom. The van der Waals surface area contributed by atoms with Gasteiger partial charge in [-0.15, -0.1) is 0 Å². The second-order valence-corrected chi connectivity index (χ2v) is 4.22. The molecule has 1 rings (SSSR count). The van der Waals surface area contributed by atoms with E-state index in [0.717, 1.165) is 5.56 Å². The second-order valence-electron chi connectivity index (χ2n) is 4.22. The molecule has 0 heterocycles. The fourth-order valence-electron chi connectivity index (χ4n) is 1.53. The SMILES string of the molecule is CC(C)N(CC(N)=NO)Cc1cccc(F)c1. The maximum Gasteiger partial charge on any atom is 0.153 e. The smallest absolute Gasteiger partial charge is 0.153 e. The minimum absolute atomic E-state index is 0.148. The first-order valence-electron chi connectivity index (χ1n) is 5.48. The third-order valence-electron chi connectivity index (χ3n) is 2.50. The van der Waals surface area contributed by atoms with E-state index < -0.39 is 0 Å². The molecule has 94 valence electrons. The van der Waals surface area contributed by atoms with E-state index in [4.69, 9.17) is 10.9 Å². The van der Waals surface area contributed by atoms with Crippen LogP contribution in [0, 0.1) is 5.82 Å². The van der Waals surface area contributed by atoms with Crippen LogP contribution in [-0.4, -0.2) is 28.5 Å². The molecule has 0 aliphatic rings. The lowest BCUT2D eigenvalue weighted by atomic mass is 10.2. The largest absolute Gasteiger partial charge is 0.409 e. The molecule has 0 saturated carbocycles. The Labute approximate surface area is 101 Å². The number of amidine groups is 1. The van der Waals surface area contributed by atoms with Crippen LogP contribution in [0.15, 0.2) is 29.4 Å². The molecule has 1 aromatic rings. The highest BCUT2D eigenvalue weighted by Gasteiger charge is 2.12. The summed E-state index contributed by atoms with van der Waals surface area (Å²) in [6, 6.07) is 6.64. The van der Waals surface area contributed by atoms with Gasteiger partial charge >= 0.3 is 0 Å². The van der Waals surface area contributed by atoms with Crippen molar-refractivity contribution in [2.75, 3.05) is 6.54 Å².